The SMILES string of the molecule is CCCNC(CSc1ccc(Br)cc1)Cc1ccccc1. The fraction of sp³-hybridized carbons (Fsp3) is 0.333. The second-order valence-electron chi connectivity index (χ2n) is 5.11. The molecule has 0 saturated carbocycles. The normalized spacial score (nSPS) is 12.3. The molecule has 0 aliphatic rings. The van der Waals surface area contributed by atoms with Crippen molar-refractivity contribution in [2.24, 2.45) is 0 Å². The zero-order valence-corrected chi connectivity index (χ0v) is 14.8. The molecule has 2 aromatic rings. The van der Waals surface area contributed by atoms with Gasteiger partial charge in [0.25, 0.3) is 0 Å². The molecule has 2 aromatic carbocycles. The molecule has 1 unspecified atom stereocenters. The third-order valence-corrected chi connectivity index (χ3v) is 4.98. The van der Waals surface area contributed by atoms with E-state index in [1.54, 1.807) is 0 Å². The minimum Gasteiger partial charge on any atom is -0.313 e. The Morgan fingerprint density at radius 1 is 1.05 bits per heavy atom. The second kappa shape index (κ2) is 9.29. The zero-order valence-electron chi connectivity index (χ0n) is 12.4. The molecule has 3 heteroatoms. The summed E-state index contributed by atoms with van der Waals surface area (Å²) in [5.74, 6) is 1.09. The van der Waals surface area contributed by atoms with Gasteiger partial charge in [0.15, 0.2) is 0 Å². The predicted molar refractivity (Wildman–Crippen MR) is 97.1 cm³/mol. The first kappa shape index (κ1) is 16.6. The number of hydrogen-bond acceptors (Lipinski definition) is 2. The highest BCUT2D eigenvalue weighted by atomic mass is 79.9. The number of hydrogen-bond donors (Lipinski definition) is 1. The summed E-state index contributed by atoms with van der Waals surface area (Å²) in [5.41, 5.74) is 1.41. The summed E-state index contributed by atoms with van der Waals surface area (Å²) in [5, 5.41) is 3.67. The summed E-state index contributed by atoms with van der Waals surface area (Å²) in [6, 6.07) is 19.8. The van der Waals surface area contributed by atoms with Crippen LogP contribution in [0.1, 0.15) is 18.9 Å². The summed E-state index contributed by atoms with van der Waals surface area (Å²) < 4.78 is 1.14. The molecular formula is C18H22BrNS. The van der Waals surface area contributed by atoms with Crippen molar-refractivity contribution in [3.8, 4) is 0 Å². The minimum absolute atomic E-state index is 0.515. The van der Waals surface area contributed by atoms with Crippen LogP contribution in [0.2, 0.25) is 0 Å². The third-order valence-electron chi connectivity index (χ3n) is 3.27. The van der Waals surface area contributed by atoms with Crippen LogP contribution in [-0.2, 0) is 6.42 Å². The maximum atomic E-state index is 3.67. The summed E-state index contributed by atoms with van der Waals surface area (Å²) in [6.45, 7) is 3.30. The molecule has 0 radical (unpaired) electrons. The van der Waals surface area contributed by atoms with Crippen molar-refractivity contribution in [2.45, 2.75) is 30.7 Å². The van der Waals surface area contributed by atoms with E-state index in [4.69, 9.17) is 0 Å². The van der Waals surface area contributed by atoms with Gasteiger partial charge < -0.3 is 5.32 Å². The van der Waals surface area contributed by atoms with Crippen LogP contribution in [0.3, 0.4) is 0 Å². The molecule has 1 nitrogen and oxygen atoms in total. The predicted octanol–water partition coefficient (Wildman–Crippen LogP) is 5.15. The van der Waals surface area contributed by atoms with E-state index in [-0.39, 0.29) is 0 Å². The molecule has 0 aliphatic carbocycles. The lowest BCUT2D eigenvalue weighted by Gasteiger charge is -2.18. The molecule has 0 spiro atoms. The summed E-state index contributed by atoms with van der Waals surface area (Å²) >= 11 is 5.41. The molecule has 0 aliphatic heterocycles. The van der Waals surface area contributed by atoms with Gasteiger partial charge in [-0.25, -0.2) is 0 Å². The van der Waals surface area contributed by atoms with Crippen LogP contribution in [-0.4, -0.2) is 18.3 Å². The van der Waals surface area contributed by atoms with Crippen LogP contribution in [0.4, 0.5) is 0 Å². The maximum absolute atomic E-state index is 3.67. The van der Waals surface area contributed by atoms with Gasteiger partial charge in [-0.2, -0.15) is 0 Å². The van der Waals surface area contributed by atoms with Gasteiger partial charge >= 0.3 is 0 Å². The first-order valence-corrected chi connectivity index (χ1v) is 9.21. The molecule has 0 bridgehead atoms. The van der Waals surface area contributed by atoms with E-state index in [1.165, 1.54) is 16.9 Å². The van der Waals surface area contributed by atoms with E-state index >= 15 is 0 Å². The lowest BCUT2D eigenvalue weighted by molar-refractivity contribution is 0.550. The molecule has 0 amide bonds. The van der Waals surface area contributed by atoms with Crippen LogP contribution in [0.15, 0.2) is 64.0 Å². The Balaban J connectivity index is 1.91. The Hall–Kier alpha value is -0.770. The van der Waals surface area contributed by atoms with Crippen LogP contribution in [0, 0.1) is 0 Å². The van der Waals surface area contributed by atoms with Crippen LogP contribution in [0.25, 0.3) is 0 Å². The number of benzene rings is 2. The maximum Gasteiger partial charge on any atom is 0.0202 e. The van der Waals surface area contributed by atoms with E-state index in [2.05, 4.69) is 82.8 Å². The fourth-order valence-corrected chi connectivity index (χ4v) is 3.39. The van der Waals surface area contributed by atoms with E-state index in [0.29, 0.717) is 6.04 Å². The van der Waals surface area contributed by atoms with Gasteiger partial charge in [-0.05, 0) is 49.2 Å². The molecule has 1 atom stereocenters. The molecule has 21 heavy (non-hydrogen) atoms. The number of thioether (sulfide) groups is 1. The quantitative estimate of drug-likeness (QED) is 0.650. The van der Waals surface area contributed by atoms with Crippen LogP contribution >= 0.6 is 27.7 Å². The Morgan fingerprint density at radius 3 is 2.43 bits per heavy atom. The average Bonchev–Trinajstić information content (AvgIpc) is 2.52. The number of nitrogens with one attached hydrogen (secondary N) is 1. The molecule has 0 fully saturated rings. The highest BCUT2D eigenvalue weighted by Gasteiger charge is 2.09. The van der Waals surface area contributed by atoms with Crippen molar-refractivity contribution >= 4 is 27.7 Å². The Bertz CT molecular complexity index is 513. The lowest BCUT2D eigenvalue weighted by atomic mass is 10.1. The van der Waals surface area contributed by atoms with Gasteiger partial charge in [0.2, 0.25) is 0 Å². The zero-order chi connectivity index (χ0) is 14.9. The van der Waals surface area contributed by atoms with Crippen molar-refractivity contribution in [1.82, 2.24) is 5.32 Å². The van der Waals surface area contributed by atoms with Gasteiger partial charge in [-0.1, -0.05) is 53.2 Å². The average molecular weight is 364 g/mol. The van der Waals surface area contributed by atoms with Gasteiger partial charge in [-0.3, -0.25) is 0 Å². The second-order valence-corrected chi connectivity index (χ2v) is 7.11. The first-order chi connectivity index (χ1) is 10.3. The third kappa shape index (κ3) is 6.25. The van der Waals surface area contributed by atoms with Crippen molar-refractivity contribution < 1.29 is 0 Å². The smallest absolute Gasteiger partial charge is 0.0202 e. The topological polar surface area (TPSA) is 12.0 Å². The van der Waals surface area contributed by atoms with E-state index in [1.807, 2.05) is 11.8 Å². The Kier molecular flexibility index (Phi) is 7.34. The molecule has 0 heterocycles. The molecule has 2 rings (SSSR count). The van der Waals surface area contributed by atoms with Crippen LogP contribution in [0.5, 0.6) is 0 Å². The molecule has 0 aromatic heterocycles. The van der Waals surface area contributed by atoms with Gasteiger partial charge in [0.1, 0.15) is 0 Å². The van der Waals surface area contributed by atoms with E-state index in [0.717, 1.165) is 23.2 Å². The monoisotopic (exact) mass is 363 g/mol. The van der Waals surface area contributed by atoms with Gasteiger partial charge in [0.05, 0.1) is 0 Å². The van der Waals surface area contributed by atoms with E-state index < -0.39 is 0 Å². The van der Waals surface area contributed by atoms with Crippen molar-refractivity contribution in [3.63, 3.8) is 0 Å². The molecule has 1 N–H and O–H groups in total. The van der Waals surface area contributed by atoms with Crippen molar-refractivity contribution in [2.75, 3.05) is 12.3 Å². The minimum atomic E-state index is 0.515. The largest absolute Gasteiger partial charge is 0.313 e. The number of rotatable bonds is 8. The fourth-order valence-electron chi connectivity index (χ4n) is 2.16. The van der Waals surface area contributed by atoms with Gasteiger partial charge in [-0.15, -0.1) is 11.8 Å². The summed E-state index contributed by atoms with van der Waals surface area (Å²) in [7, 11) is 0. The van der Waals surface area contributed by atoms with E-state index in [9.17, 15) is 0 Å². The number of halogens is 1. The Morgan fingerprint density at radius 2 is 1.76 bits per heavy atom. The lowest BCUT2D eigenvalue weighted by Crippen LogP contribution is -2.34. The highest BCUT2D eigenvalue weighted by Crippen LogP contribution is 2.22. The van der Waals surface area contributed by atoms with Crippen LogP contribution < -0.4 is 5.32 Å². The first-order valence-electron chi connectivity index (χ1n) is 7.43. The summed E-state index contributed by atoms with van der Waals surface area (Å²) in [4.78, 5) is 1.33. The summed E-state index contributed by atoms with van der Waals surface area (Å²) in [6.07, 6.45) is 2.26. The molecule has 0 saturated heterocycles. The van der Waals surface area contributed by atoms with Crippen molar-refractivity contribution in [1.29, 1.82) is 0 Å². The molecular weight excluding hydrogens is 342 g/mol. The van der Waals surface area contributed by atoms with Gasteiger partial charge in [0, 0.05) is 21.2 Å². The highest BCUT2D eigenvalue weighted by molar-refractivity contribution is 9.10. The Labute approximate surface area is 140 Å². The molecule has 112 valence electrons. The standard InChI is InChI=1S/C18H22BrNS/c1-2-12-20-17(13-15-6-4-3-5-7-15)14-21-18-10-8-16(19)9-11-18/h3-11,17,20H,2,12-14H2,1H3. The van der Waals surface area contributed by atoms with Crippen molar-refractivity contribution in [3.05, 3.63) is 64.6 Å².